The number of H-pyrrole nitrogens is 1. The van der Waals surface area contributed by atoms with E-state index in [-0.39, 0.29) is 0 Å². The van der Waals surface area contributed by atoms with Crippen LogP contribution >= 0.6 is 0 Å². The summed E-state index contributed by atoms with van der Waals surface area (Å²) in [5, 5.41) is 12.5. The van der Waals surface area contributed by atoms with Gasteiger partial charge in [-0.25, -0.2) is 9.50 Å². The summed E-state index contributed by atoms with van der Waals surface area (Å²) < 4.78 is 7.40. The monoisotopic (exact) mass is 526 g/mol. The maximum atomic E-state index is 5.56. The molecule has 1 N–H and O–H groups in total. The Morgan fingerprint density at radius 3 is 2.49 bits per heavy atom. The molecule has 6 rings (SSSR count). The minimum absolute atomic E-state index is 0.325. The first-order valence-corrected chi connectivity index (χ1v) is 14.6. The van der Waals surface area contributed by atoms with Crippen molar-refractivity contribution in [1.82, 2.24) is 29.7 Å². The fourth-order valence-electron chi connectivity index (χ4n) is 6.80. The standard InChI is InChI=1S/C32H42N6O/c1-6-32(18-39-19-32)17-37(5)27-13-11-24(12-14-27)23-7-9-25(10-8-23)29-28(21(2)3)30(36-35-29)26-15-22(4)31-33-20-34-38(31)16-26/h7-10,15-16,20-21,24,27H,6,11-14,17-19H2,1-5H3,(H,35,36). The lowest BCUT2D eigenvalue weighted by atomic mass is 9.79. The lowest BCUT2D eigenvalue weighted by Gasteiger charge is -2.46. The van der Waals surface area contributed by atoms with Crippen molar-refractivity contribution < 1.29 is 4.74 Å². The molecule has 7 nitrogen and oxygen atoms in total. The van der Waals surface area contributed by atoms with E-state index in [1.54, 1.807) is 6.33 Å². The van der Waals surface area contributed by atoms with Crippen LogP contribution in [0.1, 0.15) is 81.4 Å². The van der Waals surface area contributed by atoms with Gasteiger partial charge in [0, 0.05) is 40.9 Å². The zero-order valence-electron chi connectivity index (χ0n) is 24.1. The molecule has 0 bridgehead atoms. The van der Waals surface area contributed by atoms with Gasteiger partial charge < -0.3 is 9.64 Å². The van der Waals surface area contributed by atoms with E-state index in [2.05, 4.69) is 85.2 Å². The zero-order chi connectivity index (χ0) is 27.1. The summed E-state index contributed by atoms with van der Waals surface area (Å²) in [6, 6.07) is 12.1. The van der Waals surface area contributed by atoms with Crippen LogP contribution < -0.4 is 0 Å². The van der Waals surface area contributed by atoms with Gasteiger partial charge in [-0.15, -0.1) is 0 Å². The van der Waals surface area contributed by atoms with Gasteiger partial charge >= 0.3 is 0 Å². The average Bonchev–Trinajstić information content (AvgIpc) is 3.59. The molecule has 4 heterocycles. The van der Waals surface area contributed by atoms with Crippen LogP contribution in [0.15, 0.2) is 42.9 Å². The molecule has 4 aromatic rings. The molecular weight excluding hydrogens is 484 g/mol. The molecule has 1 aliphatic carbocycles. The number of aromatic nitrogens is 5. The van der Waals surface area contributed by atoms with E-state index >= 15 is 0 Å². The molecule has 206 valence electrons. The third kappa shape index (κ3) is 4.91. The van der Waals surface area contributed by atoms with Gasteiger partial charge in [0.15, 0.2) is 5.65 Å². The molecule has 39 heavy (non-hydrogen) atoms. The largest absolute Gasteiger partial charge is 0.380 e. The first kappa shape index (κ1) is 26.2. The number of aromatic amines is 1. The van der Waals surface area contributed by atoms with Gasteiger partial charge in [0.2, 0.25) is 0 Å². The second-order valence-corrected chi connectivity index (χ2v) is 12.3. The quantitative estimate of drug-likeness (QED) is 0.280. The van der Waals surface area contributed by atoms with Gasteiger partial charge in [-0.1, -0.05) is 45.0 Å². The molecule has 1 saturated heterocycles. The maximum absolute atomic E-state index is 5.56. The van der Waals surface area contributed by atoms with Crippen molar-refractivity contribution in [2.24, 2.45) is 5.41 Å². The fraction of sp³-hybridized carbons (Fsp3) is 0.531. The first-order valence-electron chi connectivity index (χ1n) is 14.6. The van der Waals surface area contributed by atoms with Crippen LogP contribution in [-0.2, 0) is 4.74 Å². The number of nitrogens with one attached hydrogen (secondary N) is 1. The summed E-state index contributed by atoms with van der Waals surface area (Å²) in [6.45, 7) is 11.9. The molecule has 1 saturated carbocycles. The van der Waals surface area contributed by atoms with Crippen LogP contribution in [0.25, 0.3) is 28.2 Å². The molecule has 7 heteroatoms. The molecule has 0 radical (unpaired) electrons. The number of nitrogens with zero attached hydrogens (tertiary/aromatic N) is 5. The molecule has 1 aromatic carbocycles. The van der Waals surface area contributed by atoms with Gasteiger partial charge in [0.05, 0.1) is 24.6 Å². The van der Waals surface area contributed by atoms with E-state index in [0.717, 1.165) is 41.4 Å². The Morgan fingerprint density at radius 1 is 1.10 bits per heavy atom. The average molecular weight is 527 g/mol. The van der Waals surface area contributed by atoms with Gasteiger partial charge in [0.1, 0.15) is 6.33 Å². The summed E-state index contributed by atoms with van der Waals surface area (Å²) in [6.07, 6.45) is 9.93. The number of hydrogen-bond donors (Lipinski definition) is 1. The van der Waals surface area contributed by atoms with E-state index in [1.807, 2.05) is 10.7 Å². The Kier molecular flexibility index (Phi) is 7.06. The van der Waals surface area contributed by atoms with Gasteiger partial charge in [-0.3, -0.25) is 5.10 Å². The zero-order valence-corrected chi connectivity index (χ0v) is 24.1. The molecule has 1 aliphatic heterocycles. The van der Waals surface area contributed by atoms with Crippen molar-refractivity contribution >= 4 is 5.65 Å². The highest BCUT2D eigenvalue weighted by Gasteiger charge is 2.39. The normalized spacial score (nSPS) is 21.1. The van der Waals surface area contributed by atoms with E-state index in [4.69, 9.17) is 9.84 Å². The summed E-state index contributed by atoms with van der Waals surface area (Å²) in [4.78, 5) is 6.99. The van der Waals surface area contributed by atoms with Crippen LogP contribution in [-0.4, -0.2) is 62.5 Å². The minimum atomic E-state index is 0.325. The molecule has 0 atom stereocenters. The van der Waals surface area contributed by atoms with Crippen LogP contribution in [0.4, 0.5) is 0 Å². The third-order valence-electron chi connectivity index (χ3n) is 9.36. The van der Waals surface area contributed by atoms with E-state index in [9.17, 15) is 0 Å². The predicted molar refractivity (Wildman–Crippen MR) is 156 cm³/mol. The number of aryl methyl sites for hydroxylation is 1. The summed E-state index contributed by atoms with van der Waals surface area (Å²) in [7, 11) is 2.32. The van der Waals surface area contributed by atoms with Crippen molar-refractivity contribution in [3.8, 4) is 22.5 Å². The molecule has 2 fully saturated rings. The number of pyridine rings is 1. The summed E-state index contributed by atoms with van der Waals surface area (Å²) >= 11 is 0. The topological polar surface area (TPSA) is 71.3 Å². The van der Waals surface area contributed by atoms with Gasteiger partial charge in [0.25, 0.3) is 0 Å². The highest BCUT2D eigenvalue weighted by atomic mass is 16.5. The van der Waals surface area contributed by atoms with E-state index < -0.39 is 0 Å². The Hall–Kier alpha value is -3.03. The minimum Gasteiger partial charge on any atom is -0.380 e. The summed E-state index contributed by atoms with van der Waals surface area (Å²) in [5.41, 5.74) is 9.44. The number of benzene rings is 1. The smallest absolute Gasteiger partial charge is 0.158 e. The molecule has 2 aliphatic rings. The van der Waals surface area contributed by atoms with Crippen molar-refractivity contribution in [2.45, 2.75) is 77.7 Å². The maximum Gasteiger partial charge on any atom is 0.158 e. The van der Waals surface area contributed by atoms with Gasteiger partial charge in [-0.2, -0.15) is 10.2 Å². The lowest BCUT2D eigenvalue weighted by Crippen LogP contribution is -2.52. The van der Waals surface area contributed by atoms with Crippen molar-refractivity contribution in [3.05, 3.63) is 59.5 Å². The highest BCUT2D eigenvalue weighted by Crippen LogP contribution is 2.39. The van der Waals surface area contributed by atoms with E-state index in [1.165, 1.54) is 55.3 Å². The van der Waals surface area contributed by atoms with Crippen LogP contribution in [0, 0.1) is 12.3 Å². The van der Waals surface area contributed by atoms with Crippen LogP contribution in [0.2, 0.25) is 0 Å². The highest BCUT2D eigenvalue weighted by molar-refractivity contribution is 5.76. The van der Waals surface area contributed by atoms with Crippen molar-refractivity contribution in [3.63, 3.8) is 0 Å². The lowest BCUT2D eigenvalue weighted by molar-refractivity contribution is -0.130. The molecule has 0 amide bonds. The Labute approximate surface area is 232 Å². The number of fused-ring (bicyclic) bond motifs is 1. The first-order chi connectivity index (χ1) is 18.9. The molecule has 0 spiro atoms. The SMILES string of the molecule is CCC1(CN(C)C2CCC(c3ccc(-c4n[nH]c(-c5cc(C)c6ncnn6c5)c4C(C)C)cc3)CC2)COC1. The van der Waals surface area contributed by atoms with Crippen molar-refractivity contribution in [1.29, 1.82) is 0 Å². The van der Waals surface area contributed by atoms with Gasteiger partial charge in [-0.05, 0) is 75.1 Å². The Morgan fingerprint density at radius 2 is 1.85 bits per heavy atom. The second kappa shape index (κ2) is 10.5. The third-order valence-corrected chi connectivity index (χ3v) is 9.36. The predicted octanol–water partition coefficient (Wildman–Crippen LogP) is 6.60. The van der Waals surface area contributed by atoms with E-state index in [0.29, 0.717) is 23.3 Å². The molecule has 0 unspecified atom stereocenters. The fourth-order valence-corrected chi connectivity index (χ4v) is 6.80. The second-order valence-electron chi connectivity index (χ2n) is 12.3. The summed E-state index contributed by atoms with van der Waals surface area (Å²) in [5.74, 6) is 0.971. The van der Waals surface area contributed by atoms with Crippen LogP contribution in [0.5, 0.6) is 0 Å². The number of ether oxygens (including phenoxy) is 1. The number of hydrogen-bond acceptors (Lipinski definition) is 5. The number of rotatable bonds is 8. The molecular formula is C32H42N6O. The van der Waals surface area contributed by atoms with Crippen LogP contribution in [0.3, 0.4) is 0 Å². The molecule has 3 aromatic heterocycles. The van der Waals surface area contributed by atoms with Crippen molar-refractivity contribution in [2.75, 3.05) is 26.8 Å². The Bertz CT molecular complexity index is 1420. The Balaban J connectivity index is 1.17.